The lowest BCUT2D eigenvalue weighted by Gasteiger charge is -2.12. The van der Waals surface area contributed by atoms with Crippen LogP contribution in [0.4, 0.5) is 0 Å². The lowest BCUT2D eigenvalue weighted by atomic mass is 10.1. The van der Waals surface area contributed by atoms with Gasteiger partial charge in [0, 0.05) is 19.5 Å². The third-order valence-electron chi connectivity index (χ3n) is 2.93. The maximum atomic E-state index is 10.0. The van der Waals surface area contributed by atoms with Crippen LogP contribution in [-0.4, -0.2) is 34.1 Å². The highest BCUT2D eigenvalue weighted by Gasteiger charge is 2.16. The fraction of sp³-hybridized carbons (Fsp3) is 0.769. The normalized spacial score (nSPS) is 12.9. The summed E-state index contributed by atoms with van der Waals surface area (Å²) >= 11 is 3.60. The summed E-state index contributed by atoms with van der Waals surface area (Å²) in [6, 6.07) is 0. The highest BCUT2D eigenvalue weighted by Crippen LogP contribution is 2.23. The minimum atomic E-state index is -0.362. The Morgan fingerprint density at radius 2 is 2.11 bits per heavy atom. The molecule has 1 unspecified atom stereocenters. The summed E-state index contributed by atoms with van der Waals surface area (Å²) in [5, 5.41) is 17.8. The van der Waals surface area contributed by atoms with E-state index in [0.717, 1.165) is 41.8 Å². The first kappa shape index (κ1) is 15.7. The van der Waals surface area contributed by atoms with Gasteiger partial charge in [-0.25, -0.2) is 0 Å². The monoisotopic (exact) mass is 317 g/mol. The molecule has 0 aliphatic carbocycles. The molecule has 1 heterocycles. The Labute approximate surface area is 118 Å². The Hall–Kier alpha value is -0.390. The highest BCUT2D eigenvalue weighted by molar-refractivity contribution is 9.10. The van der Waals surface area contributed by atoms with Gasteiger partial charge in [0.15, 0.2) is 0 Å². The molecule has 1 aromatic heterocycles. The van der Waals surface area contributed by atoms with E-state index in [1.54, 1.807) is 0 Å². The second-order valence-electron chi connectivity index (χ2n) is 4.44. The Kier molecular flexibility index (Phi) is 6.89. The molecule has 5 heteroatoms. The maximum Gasteiger partial charge on any atom is 0.0766 e. The molecule has 4 nitrogen and oxygen atoms in total. The topological polar surface area (TPSA) is 50.1 Å². The number of rotatable bonds is 8. The van der Waals surface area contributed by atoms with Crippen LogP contribution in [-0.2, 0) is 19.4 Å². The maximum absolute atomic E-state index is 10.0. The first-order valence-corrected chi connectivity index (χ1v) is 7.56. The van der Waals surface area contributed by atoms with E-state index in [1.807, 2.05) is 4.68 Å². The second-order valence-corrected chi connectivity index (χ2v) is 5.23. The van der Waals surface area contributed by atoms with Gasteiger partial charge in [-0.3, -0.25) is 4.68 Å². The van der Waals surface area contributed by atoms with Crippen molar-refractivity contribution in [1.29, 1.82) is 0 Å². The van der Waals surface area contributed by atoms with E-state index < -0.39 is 0 Å². The van der Waals surface area contributed by atoms with Crippen molar-refractivity contribution in [1.82, 2.24) is 15.1 Å². The molecule has 1 aromatic rings. The Morgan fingerprint density at radius 3 is 2.67 bits per heavy atom. The predicted molar refractivity (Wildman–Crippen MR) is 77.9 cm³/mol. The van der Waals surface area contributed by atoms with Crippen molar-refractivity contribution in [2.75, 3.05) is 13.1 Å². The van der Waals surface area contributed by atoms with E-state index in [1.165, 1.54) is 0 Å². The van der Waals surface area contributed by atoms with E-state index in [0.29, 0.717) is 13.0 Å². The van der Waals surface area contributed by atoms with Gasteiger partial charge in [0.25, 0.3) is 0 Å². The van der Waals surface area contributed by atoms with Crippen molar-refractivity contribution in [3.05, 3.63) is 15.9 Å². The Morgan fingerprint density at radius 1 is 1.39 bits per heavy atom. The first-order chi connectivity index (χ1) is 8.63. The van der Waals surface area contributed by atoms with Crippen LogP contribution in [0, 0.1) is 0 Å². The minimum Gasteiger partial charge on any atom is -0.391 e. The number of halogens is 1. The molecule has 104 valence electrons. The fourth-order valence-electron chi connectivity index (χ4n) is 1.95. The third kappa shape index (κ3) is 4.07. The molecule has 2 N–H and O–H groups in total. The van der Waals surface area contributed by atoms with Gasteiger partial charge in [-0.05, 0) is 42.2 Å². The van der Waals surface area contributed by atoms with Crippen molar-refractivity contribution < 1.29 is 5.11 Å². The van der Waals surface area contributed by atoms with Crippen molar-refractivity contribution in [3.8, 4) is 0 Å². The van der Waals surface area contributed by atoms with Crippen molar-refractivity contribution in [2.24, 2.45) is 0 Å². The van der Waals surface area contributed by atoms with Gasteiger partial charge in [-0.15, -0.1) is 0 Å². The van der Waals surface area contributed by atoms with Crippen LogP contribution < -0.4 is 5.32 Å². The summed E-state index contributed by atoms with van der Waals surface area (Å²) in [7, 11) is 0. The van der Waals surface area contributed by atoms with Gasteiger partial charge in [-0.1, -0.05) is 13.8 Å². The largest absolute Gasteiger partial charge is 0.391 e. The molecule has 0 saturated carbocycles. The van der Waals surface area contributed by atoms with E-state index in [2.05, 4.69) is 47.1 Å². The van der Waals surface area contributed by atoms with Crippen molar-refractivity contribution in [2.45, 2.75) is 52.7 Å². The van der Waals surface area contributed by atoms with E-state index >= 15 is 0 Å². The van der Waals surface area contributed by atoms with E-state index in [4.69, 9.17) is 0 Å². The van der Waals surface area contributed by atoms with E-state index in [-0.39, 0.29) is 6.10 Å². The van der Waals surface area contributed by atoms with Crippen molar-refractivity contribution in [3.63, 3.8) is 0 Å². The first-order valence-electron chi connectivity index (χ1n) is 6.76. The molecule has 0 radical (unpaired) electrons. The molecule has 0 saturated heterocycles. The standard InChI is InChI=1S/C13H24BrN3O/c1-4-7-15-9-10(18)8-12-13(14)11(5-2)16-17(12)6-3/h10,15,18H,4-9H2,1-3H3. The number of aliphatic hydroxyl groups excluding tert-OH is 1. The highest BCUT2D eigenvalue weighted by atomic mass is 79.9. The molecule has 0 spiro atoms. The molecule has 0 amide bonds. The van der Waals surface area contributed by atoms with Crippen LogP contribution in [0.2, 0.25) is 0 Å². The minimum absolute atomic E-state index is 0.362. The van der Waals surface area contributed by atoms with Crippen LogP contribution in [0.3, 0.4) is 0 Å². The van der Waals surface area contributed by atoms with Gasteiger partial charge >= 0.3 is 0 Å². The third-order valence-corrected chi connectivity index (χ3v) is 3.85. The number of nitrogens with one attached hydrogen (secondary N) is 1. The zero-order valence-corrected chi connectivity index (χ0v) is 13.1. The summed E-state index contributed by atoms with van der Waals surface area (Å²) in [5.41, 5.74) is 2.17. The molecule has 0 fully saturated rings. The van der Waals surface area contributed by atoms with E-state index in [9.17, 15) is 5.11 Å². The van der Waals surface area contributed by atoms with Gasteiger partial charge < -0.3 is 10.4 Å². The molecule has 0 bridgehead atoms. The quantitative estimate of drug-likeness (QED) is 0.722. The average Bonchev–Trinajstić information content (AvgIpc) is 2.66. The number of hydrogen-bond acceptors (Lipinski definition) is 3. The lowest BCUT2D eigenvalue weighted by molar-refractivity contribution is 0.169. The summed E-state index contributed by atoms with van der Waals surface area (Å²) < 4.78 is 3.03. The second kappa shape index (κ2) is 7.92. The summed E-state index contributed by atoms with van der Waals surface area (Å²) in [6.07, 6.45) is 2.27. The van der Waals surface area contributed by atoms with Crippen LogP contribution in [0.25, 0.3) is 0 Å². The van der Waals surface area contributed by atoms with Gasteiger partial charge in [-0.2, -0.15) is 5.10 Å². The van der Waals surface area contributed by atoms with Gasteiger partial charge in [0.05, 0.1) is 22.0 Å². The number of aromatic nitrogens is 2. The molecule has 0 aromatic carbocycles. The molecule has 0 aliphatic rings. The number of nitrogens with zero attached hydrogens (tertiary/aromatic N) is 2. The summed E-state index contributed by atoms with van der Waals surface area (Å²) in [4.78, 5) is 0. The molecule has 1 atom stereocenters. The summed E-state index contributed by atoms with van der Waals surface area (Å²) in [6.45, 7) is 8.71. The molecular weight excluding hydrogens is 294 g/mol. The summed E-state index contributed by atoms with van der Waals surface area (Å²) in [5.74, 6) is 0. The molecule has 18 heavy (non-hydrogen) atoms. The average molecular weight is 318 g/mol. The number of hydrogen-bond donors (Lipinski definition) is 2. The molecule has 0 aliphatic heterocycles. The van der Waals surface area contributed by atoms with Gasteiger partial charge in [0.2, 0.25) is 0 Å². The number of aliphatic hydroxyl groups is 1. The van der Waals surface area contributed by atoms with Crippen LogP contribution in [0.5, 0.6) is 0 Å². The smallest absolute Gasteiger partial charge is 0.0766 e. The fourth-order valence-corrected chi connectivity index (χ4v) is 2.68. The lowest BCUT2D eigenvalue weighted by Crippen LogP contribution is -2.29. The zero-order valence-electron chi connectivity index (χ0n) is 11.5. The molecule has 1 rings (SSSR count). The molecular formula is C13H24BrN3O. The zero-order chi connectivity index (χ0) is 13.5. The SMILES string of the molecule is CCCNCC(O)Cc1c(Br)c(CC)nn1CC. The van der Waals surface area contributed by atoms with Crippen molar-refractivity contribution >= 4 is 15.9 Å². The Balaban J connectivity index is 2.67. The van der Waals surface area contributed by atoms with Crippen LogP contribution >= 0.6 is 15.9 Å². The van der Waals surface area contributed by atoms with Crippen LogP contribution in [0.1, 0.15) is 38.6 Å². The Bertz CT molecular complexity index is 365. The van der Waals surface area contributed by atoms with Gasteiger partial charge in [0.1, 0.15) is 0 Å². The van der Waals surface area contributed by atoms with Crippen LogP contribution in [0.15, 0.2) is 4.47 Å². The number of aryl methyl sites for hydroxylation is 2. The predicted octanol–water partition coefficient (Wildman–Crippen LogP) is 2.13.